The van der Waals surface area contributed by atoms with E-state index >= 15 is 0 Å². The molecule has 29 heavy (non-hydrogen) atoms. The second-order valence-electron chi connectivity index (χ2n) is 5.91. The zero-order valence-electron chi connectivity index (χ0n) is 16.3. The fourth-order valence-corrected chi connectivity index (χ4v) is 2.69. The van der Waals surface area contributed by atoms with Crippen LogP contribution in [0.5, 0.6) is 23.0 Å². The van der Waals surface area contributed by atoms with Crippen molar-refractivity contribution in [2.45, 2.75) is 6.92 Å². The maximum Gasteiger partial charge on any atom is 0.363 e. The van der Waals surface area contributed by atoms with E-state index in [2.05, 4.69) is 4.99 Å². The number of methoxy groups -OCH3 is 3. The van der Waals surface area contributed by atoms with Gasteiger partial charge < -0.3 is 23.7 Å². The van der Waals surface area contributed by atoms with E-state index in [9.17, 15) is 9.59 Å². The van der Waals surface area contributed by atoms with E-state index in [1.807, 2.05) is 0 Å². The first-order valence-electron chi connectivity index (χ1n) is 8.56. The smallest absolute Gasteiger partial charge is 0.363 e. The highest BCUT2D eigenvalue weighted by Gasteiger charge is 2.26. The molecule has 1 aliphatic heterocycles. The van der Waals surface area contributed by atoms with Crippen molar-refractivity contribution in [3.8, 4) is 23.0 Å². The molecule has 0 saturated heterocycles. The van der Waals surface area contributed by atoms with E-state index in [1.165, 1.54) is 28.3 Å². The first-order chi connectivity index (χ1) is 13.9. The van der Waals surface area contributed by atoms with Gasteiger partial charge in [-0.2, -0.15) is 0 Å². The van der Waals surface area contributed by atoms with Crippen LogP contribution in [0.15, 0.2) is 47.1 Å². The Kier molecular flexibility index (Phi) is 5.82. The largest absolute Gasteiger partial charge is 0.493 e. The molecule has 0 amide bonds. The molecule has 0 N–H and O–H groups in total. The van der Waals surface area contributed by atoms with Crippen molar-refractivity contribution < 1.29 is 33.3 Å². The van der Waals surface area contributed by atoms with Gasteiger partial charge in [-0.25, -0.2) is 9.79 Å². The molecule has 2 aromatic rings. The number of carbonyl (C=O) groups excluding carboxylic acids is 2. The fraction of sp³-hybridized carbons (Fsp3) is 0.190. The minimum absolute atomic E-state index is 0.122. The molecular weight excluding hydrogens is 378 g/mol. The van der Waals surface area contributed by atoms with Crippen LogP contribution in [-0.2, 0) is 14.3 Å². The lowest BCUT2D eigenvalue weighted by Gasteiger charge is -2.13. The normalized spacial score (nSPS) is 14.3. The number of esters is 2. The Morgan fingerprint density at radius 1 is 1.00 bits per heavy atom. The Bertz CT molecular complexity index is 981. The number of benzene rings is 2. The quantitative estimate of drug-likeness (QED) is 0.420. The molecule has 2 aromatic carbocycles. The monoisotopic (exact) mass is 397 g/mol. The van der Waals surface area contributed by atoms with Gasteiger partial charge in [0.05, 0.1) is 21.3 Å². The molecule has 1 heterocycles. The highest BCUT2D eigenvalue weighted by Crippen LogP contribution is 2.39. The number of ether oxygens (including phenoxy) is 5. The lowest BCUT2D eigenvalue weighted by atomic mass is 10.1. The van der Waals surface area contributed by atoms with E-state index in [-0.39, 0.29) is 11.6 Å². The van der Waals surface area contributed by atoms with Crippen molar-refractivity contribution in [3.05, 3.63) is 53.2 Å². The summed E-state index contributed by atoms with van der Waals surface area (Å²) >= 11 is 0. The van der Waals surface area contributed by atoms with Crippen LogP contribution in [0, 0.1) is 0 Å². The summed E-state index contributed by atoms with van der Waals surface area (Å²) in [6, 6.07) is 9.93. The number of aliphatic imine (C=N–C) groups is 1. The molecular formula is C21H19NO7. The third-order valence-corrected chi connectivity index (χ3v) is 3.98. The molecule has 3 rings (SSSR count). The predicted octanol–water partition coefficient (Wildman–Crippen LogP) is 2.98. The molecule has 0 radical (unpaired) electrons. The molecule has 1 aliphatic rings. The Labute approximate surface area is 167 Å². The fourth-order valence-electron chi connectivity index (χ4n) is 2.69. The highest BCUT2D eigenvalue weighted by atomic mass is 16.6. The van der Waals surface area contributed by atoms with Gasteiger partial charge in [0.15, 0.2) is 17.2 Å². The SMILES string of the molecule is COc1cc(C2=N/C(=C\c3ccc(OC(C)=O)cc3)C(=O)O2)cc(OC)c1OC. The summed E-state index contributed by atoms with van der Waals surface area (Å²) in [5, 5.41) is 0. The third kappa shape index (κ3) is 4.37. The second-order valence-corrected chi connectivity index (χ2v) is 5.91. The van der Waals surface area contributed by atoms with E-state index in [0.29, 0.717) is 34.1 Å². The molecule has 8 heteroatoms. The topological polar surface area (TPSA) is 92.7 Å². The van der Waals surface area contributed by atoms with Gasteiger partial charge in [0, 0.05) is 12.5 Å². The van der Waals surface area contributed by atoms with Crippen molar-refractivity contribution in [2.75, 3.05) is 21.3 Å². The molecule has 0 unspecified atom stereocenters. The third-order valence-electron chi connectivity index (χ3n) is 3.98. The van der Waals surface area contributed by atoms with Crippen molar-refractivity contribution >= 4 is 23.9 Å². The summed E-state index contributed by atoms with van der Waals surface area (Å²) in [4.78, 5) is 27.5. The molecule has 8 nitrogen and oxygen atoms in total. The van der Waals surface area contributed by atoms with Crippen molar-refractivity contribution in [2.24, 2.45) is 4.99 Å². The summed E-state index contributed by atoms with van der Waals surface area (Å²) in [5.41, 5.74) is 1.33. The predicted molar refractivity (Wildman–Crippen MR) is 104 cm³/mol. The van der Waals surface area contributed by atoms with Gasteiger partial charge in [0.1, 0.15) is 5.75 Å². The Balaban J connectivity index is 1.92. The molecule has 0 atom stereocenters. The van der Waals surface area contributed by atoms with Gasteiger partial charge in [-0.1, -0.05) is 12.1 Å². The van der Waals surface area contributed by atoms with Gasteiger partial charge in [0.25, 0.3) is 0 Å². The average Bonchev–Trinajstić information content (AvgIpc) is 3.08. The van der Waals surface area contributed by atoms with Crippen LogP contribution in [0.2, 0.25) is 0 Å². The Morgan fingerprint density at radius 3 is 2.14 bits per heavy atom. The minimum atomic E-state index is -0.585. The molecule has 0 spiro atoms. The maximum atomic E-state index is 12.2. The molecule has 0 aliphatic carbocycles. The zero-order valence-corrected chi connectivity index (χ0v) is 16.3. The first kappa shape index (κ1) is 19.9. The number of hydrogen-bond donors (Lipinski definition) is 0. The lowest BCUT2D eigenvalue weighted by molar-refractivity contribution is -0.132. The summed E-state index contributed by atoms with van der Waals surface area (Å²) < 4.78 is 26.2. The molecule has 0 saturated carbocycles. The van der Waals surface area contributed by atoms with E-state index in [1.54, 1.807) is 42.5 Å². The van der Waals surface area contributed by atoms with Gasteiger partial charge in [-0.3, -0.25) is 4.79 Å². The number of nitrogens with zero attached hydrogens (tertiary/aromatic N) is 1. The van der Waals surface area contributed by atoms with E-state index in [0.717, 1.165) is 0 Å². The van der Waals surface area contributed by atoms with Crippen molar-refractivity contribution in [1.29, 1.82) is 0 Å². The van der Waals surface area contributed by atoms with Crippen LogP contribution >= 0.6 is 0 Å². The summed E-state index contributed by atoms with van der Waals surface area (Å²) in [5.74, 6) is 0.797. The standard InChI is InChI=1S/C21H19NO7/c1-12(23)28-15-7-5-13(6-8-15)9-16-21(24)29-20(22-16)14-10-17(25-2)19(27-4)18(11-14)26-3/h5-11H,1-4H3/b16-9-. The van der Waals surface area contributed by atoms with Gasteiger partial charge in [-0.15, -0.1) is 0 Å². The van der Waals surface area contributed by atoms with Crippen LogP contribution < -0.4 is 18.9 Å². The van der Waals surface area contributed by atoms with Gasteiger partial charge >= 0.3 is 11.9 Å². The van der Waals surface area contributed by atoms with E-state index < -0.39 is 11.9 Å². The Morgan fingerprint density at radius 2 is 1.62 bits per heavy atom. The van der Waals surface area contributed by atoms with Crippen molar-refractivity contribution in [3.63, 3.8) is 0 Å². The summed E-state index contributed by atoms with van der Waals surface area (Å²) in [6.45, 7) is 1.32. The minimum Gasteiger partial charge on any atom is -0.493 e. The summed E-state index contributed by atoms with van der Waals surface area (Å²) in [7, 11) is 4.49. The van der Waals surface area contributed by atoms with Crippen LogP contribution in [0.1, 0.15) is 18.1 Å². The number of hydrogen-bond acceptors (Lipinski definition) is 8. The maximum absolute atomic E-state index is 12.2. The molecule has 0 fully saturated rings. The molecule has 0 bridgehead atoms. The highest BCUT2D eigenvalue weighted by molar-refractivity contribution is 6.13. The Hall–Kier alpha value is -3.81. The van der Waals surface area contributed by atoms with Gasteiger partial charge in [0.2, 0.25) is 11.6 Å². The number of carbonyl (C=O) groups is 2. The zero-order chi connectivity index (χ0) is 21.0. The van der Waals surface area contributed by atoms with E-state index in [4.69, 9.17) is 23.7 Å². The number of cyclic esters (lactones) is 1. The van der Waals surface area contributed by atoms with Crippen LogP contribution in [-0.4, -0.2) is 39.2 Å². The lowest BCUT2D eigenvalue weighted by Crippen LogP contribution is -2.06. The molecule has 0 aromatic heterocycles. The van der Waals surface area contributed by atoms with Gasteiger partial charge in [-0.05, 0) is 35.9 Å². The molecule has 150 valence electrons. The van der Waals surface area contributed by atoms with Crippen LogP contribution in [0.4, 0.5) is 0 Å². The average molecular weight is 397 g/mol. The first-order valence-corrected chi connectivity index (χ1v) is 8.56. The van der Waals surface area contributed by atoms with Crippen LogP contribution in [0.3, 0.4) is 0 Å². The summed E-state index contributed by atoms with van der Waals surface area (Å²) in [6.07, 6.45) is 1.57. The number of rotatable bonds is 6. The van der Waals surface area contributed by atoms with Crippen LogP contribution in [0.25, 0.3) is 6.08 Å². The second kappa shape index (κ2) is 8.47. The van der Waals surface area contributed by atoms with Crippen molar-refractivity contribution in [1.82, 2.24) is 0 Å².